The Kier molecular flexibility index (Phi) is 5.76. The predicted molar refractivity (Wildman–Crippen MR) is 90.2 cm³/mol. The number of benzene rings is 2. The summed E-state index contributed by atoms with van der Waals surface area (Å²) in [4.78, 5) is -0.00187. The van der Waals surface area contributed by atoms with Gasteiger partial charge in [-0.05, 0) is 24.3 Å². The van der Waals surface area contributed by atoms with Crippen molar-refractivity contribution in [1.29, 1.82) is 0 Å². The summed E-state index contributed by atoms with van der Waals surface area (Å²) in [6.07, 6.45) is 0.782. The first-order valence-electron chi connectivity index (χ1n) is 7.09. The Labute approximate surface area is 145 Å². The highest BCUT2D eigenvalue weighted by atomic mass is 32.2. The number of hydrogen-bond donors (Lipinski definition) is 1. The van der Waals surface area contributed by atoms with Crippen LogP contribution in [0.25, 0.3) is 0 Å². The van der Waals surface area contributed by atoms with Crippen molar-refractivity contribution in [1.82, 2.24) is 4.72 Å². The van der Waals surface area contributed by atoms with E-state index in [1.54, 1.807) is 6.07 Å². The molecule has 0 heterocycles. The SMILES string of the molecule is CS(=O)(=O)N(CCNS(=O)(=O)c1ccccc1)c1c(F)cccc1F. The minimum Gasteiger partial charge on any atom is -0.263 e. The molecule has 0 spiro atoms. The fourth-order valence-corrected chi connectivity index (χ4v) is 4.11. The van der Waals surface area contributed by atoms with Gasteiger partial charge < -0.3 is 0 Å². The second kappa shape index (κ2) is 7.46. The van der Waals surface area contributed by atoms with E-state index in [0.717, 1.165) is 24.5 Å². The maximum absolute atomic E-state index is 13.9. The van der Waals surface area contributed by atoms with Crippen molar-refractivity contribution in [3.8, 4) is 0 Å². The highest BCUT2D eigenvalue weighted by Crippen LogP contribution is 2.25. The summed E-state index contributed by atoms with van der Waals surface area (Å²) in [5, 5.41) is 0. The van der Waals surface area contributed by atoms with Gasteiger partial charge >= 0.3 is 0 Å². The molecule has 0 aliphatic rings. The number of nitrogens with zero attached hydrogens (tertiary/aromatic N) is 1. The molecule has 0 aliphatic carbocycles. The molecule has 0 radical (unpaired) electrons. The number of sulfonamides is 2. The second-order valence-electron chi connectivity index (χ2n) is 5.12. The summed E-state index contributed by atoms with van der Waals surface area (Å²) < 4.78 is 78.4. The topological polar surface area (TPSA) is 83.6 Å². The van der Waals surface area contributed by atoms with Gasteiger partial charge in [0.25, 0.3) is 0 Å². The largest absolute Gasteiger partial charge is 0.263 e. The summed E-state index contributed by atoms with van der Waals surface area (Å²) in [5.41, 5.74) is -0.746. The zero-order valence-electron chi connectivity index (χ0n) is 13.2. The summed E-state index contributed by atoms with van der Waals surface area (Å²) >= 11 is 0. The zero-order chi connectivity index (χ0) is 18.7. The van der Waals surface area contributed by atoms with Crippen molar-refractivity contribution in [2.45, 2.75) is 4.90 Å². The molecule has 0 saturated carbocycles. The van der Waals surface area contributed by atoms with E-state index in [0.29, 0.717) is 4.31 Å². The van der Waals surface area contributed by atoms with E-state index in [1.807, 2.05) is 0 Å². The van der Waals surface area contributed by atoms with Crippen LogP contribution in [-0.2, 0) is 20.0 Å². The number of anilines is 1. The highest BCUT2D eigenvalue weighted by Gasteiger charge is 2.25. The van der Waals surface area contributed by atoms with Crippen LogP contribution in [0, 0.1) is 11.6 Å². The maximum Gasteiger partial charge on any atom is 0.240 e. The summed E-state index contributed by atoms with van der Waals surface area (Å²) in [5.74, 6) is -2.12. The quantitative estimate of drug-likeness (QED) is 0.780. The fraction of sp³-hybridized carbons (Fsp3) is 0.200. The van der Waals surface area contributed by atoms with E-state index in [-0.39, 0.29) is 11.4 Å². The van der Waals surface area contributed by atoms with Crippen LogP contribution >= 0.6 is 0 Å². The summed E-state index contributed by atoms with van der Waals surface area (Å²) in [6, 6.07) is 10.4. The van der Waals surface area contributed by atoms with Crippen LogP contribution in [0.15, 0.2) is 53.4 Å². The van der Waals surface area contributed by atoms with E-state index in [2.05, 4.69) is 4.72 Å². The maximum atomic E-state index is 13.9. The molecule has 2 aromatic carbocycles. The first kappa shape index (κ1) is 19.3. The third-order valence-corrected chi connectivity index (χ3v) is 5.89. The molecule has 0 aromatic heterocycles. The molecule has 0 amide bonds. The third-order valence-electron chi connectivity index (χ3n) is 3.25. The number of para-hydroxylation sites is 1. The molecule has 25 heavy (non-hydrogen) atoms. The Hall–Kier alpha value is -2.04. The van der Waals surface area contributed by atoms with Gasteiger partial charge in [0.05, 0.1) is 11.2 Å². The van der Waals surface area contributed by atoms with Gasteiger partial charge in [0.2, 0.25) is 20.0 Å². The Balaban J connectivity index is 2.21. The molecule has 0 fully saturated rings. The van der Waals surface area contributed by atoms with Crippen molar-refractivity contribution < 1.29 is 25.6 Å². The zero-order valence-corrected chi connectivity index (χ0v) is 14.8. The van der Waals surface area contributed by atoms with Gasteiger partial charge in [-0.1, -0.05) is 24.3 Å². The van der Waals surface area contributed by atoms with Crippen molar-refractivity contribution >= 4 is 25.7 Å². The minimum atomic E-state index is -4.03. The van der Waals surface area contributed by atoms with Crippen LogP contribution in [0.1, 0.15) is 0 Å². The molecule has 136 valence electrons. The molecule has 1 N–H and O–H groups in total. The number of hydrogen-bond acceptors (Lipinski definition) is 4. The molecule has 0 saturated heterocycles. The molecule has 0 bridgehead atoms. The first-order valence-corrected chi connectivity index (χ1v) is 10.4. The molecule has 6 nitrogen and oxygen atoms in total. The van der Waals surface area contributed by atoms with E-state index in [4.69, 9.17) is 0 Å². The van der Waals surface area contributed by atoms with Gasteiger partial charge in [-0.3, -0.25) is 4.31 Å². The Bertz CT molecular complexity index is 929. The van der Waals surface area contributed by atoms with Crippen LogP contribution in [-0.4, -0.2) is 36.2 Å². The lowest BCUT2D eigenvalue weighted by molar-refractivity contribution is 0.565. The van der Waals surface area contributed by atoms with Crippen molar-refractivity contribution in [2.75, 3.05) is 23.7 Å². The highest BCUT2D eigenvalue weighted by molar-refractivity contribution is 7.92. The standard InChI is InChI=1S/C15H16F2N2O4S2/c1-24(20,21)19(15-13(16)8-5-9-14(15)17)11-10-18-25(22,23)12-6-3-2-4-7-12/h2-9,18H,10-11H2,1H3. The van der Waals surface area contributed by atoms with E-state index < -0.39 is 43.9 Å². The number of halogens is 2. The van der Waals surface area contributed by atoms with Crippen molar-refractivity contribution in [3.05, 3.63) is 60.2 Å². The molecular weight excluding hydrogens is 374 g/mol. The smallest absolute Gasteiger partial charge is 0.240 e. The van der Waals surface area contributed by atoms with Crippen LogP contribution in [0.3, 0.4) is 0 Å². The average molecular weight is 390 g/mol. The van der Waals surface area contributed by atoms with E-state index in [9.17, 15) is 25.6 Å². The van der Waals surface area contributed by atoms with Gasteiger partial charge in [-0.15, -0.1) is 0 Å². The minimum absolute atomic E-state index is 0.00187. The predicted octanol–water partition coefficient (Wildman–Crippen LogP) is 1.71. The van der Waals surface area contributed by atoms with Crippen LogP contribution in [0.4, 0.5) is 14.5 Å². The fourth-order valence-electron chi connectivity index (χ4n) is 2.14. The second-order valence-corrected chi connectivity index (χ2v) is 8.79. The van der Waals surface area contributed by atoms with Gasteiger partial charge in [0.15, 0.2) is 11.6 Å². The van der Waals surface area contributed by atoms with Crippen LogP contribution in [0.2, 0.25) is 0 Å². The van der Waals surface area contributed by atoms with E-state index >= 15 is 0 Å². The molecule has 2 rings (SSSR count). The molecule has 0 atom stereocenters. The number of rotatable bonds is 7. The lowest BCUT2D eigenvalue weighted by Crippen LogP contribution is -2.39. The van der Waals surface area contributed by atoms with Crippen molar-refractivity contribution in [3.63, 3.8) is 0 Å². The monoisotopic (exact) mass is 390 g/mol. The average Bonchev–Trinajstić information content (AvgIpc) is 2.53. The normalized spacial score (nSPS) is 12.1. The van der Waals surface area contributed by atoms with Crippen molar-refractivity contribution in [2.24, 2.45) is 0 Å². The third kappa shape index (κ3) is 4.74. The van der Waals surface area contributed by atoms with Gasteiger partial charge in [0.1, 0.15) is 5.69 Å². The Morgan fingerprint density at radius 3 is 2.00 bits per heavy atom. The lowest BCUT2D eigenvalue weighted by atomic mass is 10.3. The van der Waals surface area contributed by atoms with Crippen LogP contribution < -0.4 is 9.03 Å². The van der Waals surface area contributed by atoms with Gasteiger partial charge in [0, 0.05) is 13.1 Å². The molecule has 0 aliphatic heterocycles. The summed E-state index contributed by atoms with van der Waals surface area (Å²) in [7, 11) is -7.89. The first-order chi connectivity index (χ1) is 11.6. The molecular formula is C15H16F2N2O4S2. The number of nitrogens with one attached hydrogen (secondary N) is 1. The van der Waals surface area contributed by atoms with Gasteiger partial charge in [-0.2, -0.15) is 0 Å². The molecule has 2 aromatic rings. The van der Waals surface area contributed by atoms with Gasteiger partial charge in [-0.25, -0.2) is 30.3 Å². The van der Waals surface area contributed by atoms with E-state index in [1.165, 1.54) is 24.3 Å². The van der Waals surface area contributed by atoms with Crippen LogP contribution in [0.5, 0.6) is 0 Å². The Morgan fingerprint density at radius 1 is 0.920 bits per heavy atom. The summed E-state index contributed by atoms with van der Waals surface area (Å²) in [6.45, 7) is -0.833. The molecule has 0 unspecified atom stereocenters. The lowest BCUT2D eigenvalue weighted by Gasteiger charge is -2.23. The Morgan fingerprint density at radius 2 is 1.48 bits per heavy atom. The molecule has 10 heteroatoms.